The summed E-state index contributed by atoms with van der Waals surface area (Å²) < 4.78 is 7.61. The molecule has 2 atom stereocenters. The van der Waals surface area contributed by atoms with Crippen LogP contribution in [-0.4, -0.2) is 64.9 Å². The molecular weight excluding hydrogens is 316 g/mol. The van der Waals surface area contributed by atoms with E-state index in [0.29, 0.717) is 13.2 Å². The van der Waals surface area contributed by atoms with Gasteiger partial charge in [-0.2, -0.15) is 5.10 Å². The molecule has 3 heterocycles. The summed E-state index contributed by atoms with van der Waals surface area (Å²) in [4.78, 5) is 16.7. The van der Waals surface area contributed by atoms with E-state index in [-0.39, 0.29) is 17.9 Å². The van der Waals surface area contributed by atoms with Crippen molar-refractivity contribution in [3.63, 3.8) is 0 Å². The zero-order valence-corrected chi connectivity index (χ0v) is 14.5. The molecule has 1 aromatic carbocycles. The van der Waals surface area contributed by atoms with E-state index in [9.17, 15) is 4.79 Å². The summed E-state index contributed by atoms with van der Waals surface area (Å²) in [5.41, 5.74) is 2.52. The van der Waals surface area contributed by atoms with Crippen LogP contribution in [-0.2, 0) is 22.6 Å². The highest BCUT2D eigenvalue weighted by atomic mass is 16.5. The number of carbonyl (C=O) groups is 1. The predicted molar refractivity (Wildman–Crippen MR) is 93.9 cm³/mol. The van der Waals surface area contributed by atoms with Gasteiger partial charge in [0.05, 0.1) is 31.7 Å². The molecule has 2 aliphatic rings. The molecule has 132 valence electrons. The number of likely N-dealkylation sites (N-methyl/N-ethyl adjacent to an activating group) is 1. The number of amides is 1. The lowest BCUT2D eigenvalue weighted by Crippen LogP contribution is -2.42. The van der Waals surface area contributed by atoms with Crippen LogP contribution in [0.5, 0.6) is 0 Å². The topological polar surface area (TPSA) is 50.6 Å². The number of hydrogen-bond acceptors (Lipinski definition) is 4. The van der Waals surface area contributed by atoms with Crippen molar-refractivity contribution in [3.05, 3.63) is 53.9 Å². The van der Waals surface area contributed by atoms with Crippen molar-refractivity contribution in [3.8, 4) is 0 Å². The van der Waals surface area contributed by atoms with E-state index in [1.807, 2.05) is 28.9 Å². The van der Waals surface area contributed by atoms with Crippen LogP contribution < -0.4 is 0 Å². The summed E-state index contributed by atoms with van der Waals surface area (Å²) >= 11 is 0. The molecule has 0 N–H and O–H groups in total. The summed E-state index contributed by atoms with van der Waals surface area (Å²) in [6.45, 7) is 4.44. The highest BCUT2D eigenvalue weighted by Crippen LogP contribution is 2.21. The van der Waals surface area contributed by atoms with Crippen molar-refractivity contribution >= 4 is 5.91 Å². The molecule has 0 spiro atoms. The van der Waals surface area contributed by atoms with Gasteiger partial charge in [0, 0.05) is 39.1 Å². The van der Waals surface area contributed by atoms with Crippen molar-refractivity contribution in [2.24, 2.45) is 5.92 Å². The van der Waals surface area contributed by atoms with Crippen molar-refractivity contribution in [2.75, 3.05) is 33.4 Å². The molecule has 6 heteroatoms. The SMILES string of the molecule is CN1C(=O)[C@H]2COC[C@@H]1CN(Cc1cccc(Cn3cccn3)c1)C2. The lowest BCUT2D eigenvalue weighted by molar-refractivity contribution is -0.133. The summed E-state index contributed by atoms with van der Waals surface area (Å²) in [6, 6.07) is 10.7. The maximum Gasteiger partial charge on any atom is 0.229 e. The van der Waals surface area contributed by atoms with Gasteiger partial charge in [0.1, 0.15) is 0 Å². The van der Waals surface area contributed by atoms with Crippen LogP contribution in [0, 0.1) is 5.92 Å². The third kappa shape index (κ3) is 3.60. The molecule has 2 bridgehead atoms. The normalized spacial score (nSPS) is 24.4. The van der Waals surface area contributed by atoms with Gasteiger partial charge in [-0.3, -0.25) is 14.4 Å². The van der Waals surface area contributed by atoms with Crippen LogP contribution >= 0.6 is 0 Å². The average Bonchev–Trinajstić information content (AvgIpc) is 3.01. The van der Waals surface area contributed by atoms with Crippen molar-refractivity contribution in [1.82, 2.24) is 19.6 Å². The Labute approximate surface area is 148 Å². The highest BCUT2D eigenvalue weighted by Gasteiger charge is 2.37. The van der Waals surface area contributed by atoms with E-state index in [4.69, 9.17) is 4.74 Å². The minimum absolute atomic E-state index is 0.0512. The summed E-state index contributed by atoms with van der Waals surface area (Å²) in [5.74, 6) is 0.169. The molecule has 25 heavy (non-hydrogen) atoms. The first-order valence-electron chi connectivity index (χ1n) is 8.81. The third-order valence-corrected chi connectivity index (χ3v) is 5.12. The third-order valence-electron chi connectivity index (χ3n) is 5.12. The number of hydrogen-bond donors (Lipinski definition) is 0. The molecule has 6 nitrogen and oxygen atoms in total. The van der Waals surface area contributed by atoms with Crippen LogP contribution in [0.3, 0.4) is 0 Å². The maximum atomic E-state index is 12.5. The first-order valence-corrected chi connectivity index (χ1v) is 8.81. The minimum atomic E-state index is -0.0512. The summed E-state index contributed by atoms with van der Waals surface area (Å²) in [6.07, 6.45) is 3.78. The molecule has 2 fully saturated rings. The number of nitrogens with zero attached hydrogens (tertiary/aromatic N) is 4. The second kappa shape index (κ2) is 6.98. The zero-order chi connectivity index (χ0) is 17.2. The Kier molecular flexibility index (Phi) is 4.55. The number of aromatic nitrogens is 2. The molecule has 0 radical (unpaired) electrons. The molecule has 0 saturated carbocycles. The highest BCUT2D eigenvalue weighted by molar-refractivity contribution is 5.79. The van der Waals surface area contributed by atoms with E-state index in [1.54, 1.807) is 6.20 Å². The molecule has 2 saturated heterocycles. The number of fused-ring (bicyclic) bond motifs is 3. The van der Waals surface area contributed by atoms with Crippen LogP contribution in [0.4, 0.5) is 0 Å². The zero-order valence-electron chi connectivity index (χ0n) is 14.5. The summed E-state index contributed by atoms with van der Waals surface area (Å²) in [5, 5.41) is 4.27. The predicted octanol–water partition coefficient (Wildman–Crippen LogP) is 1.22. The first-order chi connectivity index (χ1) is 12.2. The van der Waals surface area contributed by atoms with Gasteiger partial charge >= 0.3 is 0 Å². The van der Waals surface area contributed by atoms with Gasteiger partial charge in [0.25, 0.3) is 0 Å². The number of rotatable bonds is 4. The number of carbonyl (C=O) groups excluding carboxylic acids is 1. The van der Waals surface area contributed by atoms with Crippen LogP contribution in [0.25, 0.3) is 0 Å². The number of ether oxygens (including phenoxy) is 1. The first kappa shape index (κ1) is 16.3. The second-order valence-electron chi connectivity index (χ2n) is 7.06. The van der Waals surface area contributed by atoms with E-state index in [2.05, 4.69) is 34.3 Å². The van der Waals surface area contributed by atoms with Gasteiger partial charge in [-0.15, -0.1) is 0 Å². The standard InChI is InChI=1S/C19H24N4O2/c1-21-18-12-22(11-17(19(21)24)13-25-14-18)9-15-4-2-5-16(8-15)10-23-7-3-6-20-23/h2-8,17-18H,9-14H2,1H3/t17-,18+/m1/s1. The van der Waals surface area contributed by atoms with Crippen LogP contribution in [0.2, 0.25) is 0 Å². The quantitative estimate of drug-likeness (QED) is 0.840. The Bertz CT molecular complexity index is 731. The molecule has 2 aliphatic heterocycles. The molecule has 4 rings (SSSR count). The number of benzene rings is 1. The molecule has 1 aromatic heterocycles. The van der Waals surface area contributed by atoms with E-state index < -0.39 is 0 Å². The molecule has 0 unspecified atom stereocenters. The Balaban J connectivity index is 1.47. The Morgan fingerprint density at radius 2 is 2.00 bits per heavy atom. The fourth-order valence-electron chi connectivity index (χ4n) is 3.78. The van der Waals surface area contributed by atoms with Crippen molar-refractivity contribution in [2.45, 2.75) is 19.1 Å². The smallest absolute Gasteiger partial charge is 0.229 e. The Hall–Kier alpha value is -2.18. The Morgan fingerprint density at radius 3 is 2.80 bits per heavy atom. The molecule has 1 amide bonds. The second-order valence-corrected chi connectivity index (χ2v) is 7.06. The van der Waals surface area contributed by atoms with Gasteiger partial charge in [-0.1, -0.05) is 24.3 Å². The van der Waals surface area contributed by atoms with Crippen molar-refractivity contribution in [1.29, 1.82) is 0 Å². The van der Waals surface area contributed by atoms with Gasteiger partial charge < -0.3 is 9.64 Å². The van der Waals surface area contributed by atoms with Gasteiger partial charge in [-0.05, 0) is 17.2 Å². The van der Waals surface area contributed by atoms with Crippen LogP contribution in [0.15, 0.2) is 42.7 Å². The van der Waals surface area contributed by atoms with Crippen LogP contribution in [0.1, 0.15) is 11.1 Å². The lowest BCUT2D eigenvalue weighted by Gasteiger charge is -2.29. The monoisotopic (exact) mass is 340 g/mol. The van der Waals surface area contributed by atoms with Crippen molar-refractivity contribution < 1.29 is 9.53 Å². The average molecular weight is 340 g/mol. The lowest BCUT2D eigenvalue weighted by atomic mass is 10.1. The Morgan fingerprint density at radius 1 is 1.16 bits per heavy atom. The molecular formula is C19H24N4O2. The largest absolute Gasteiger partial charge is 0.378 e. The van der Waals surface area contributed by atoms with Gasteiger partial charge in [-0.25, -0.2) is 0 Å². The van der Waals surface area contributed by atoms with E-state index in [0.717, 1.165) is 26.2 Å². The fourth-order valence-corrected chi connectivity index (χ4v) is 3.78. The van der Waals surface area contributed by atoms with Gasteiger partial charge in [0.15, 0.2) is 0 Å². The minimum Gasteiger partial charge on any atom is -0.378 e. The summed E-state index contributed by atoms with van der Waals surface area (Å²) in [7, 11) is 1.91. The molecule has 0 aliphatic carbocycles. The molecule has 2 aromatic rings. The van der Waals surface area contributed by atoms with E-state index in [1.165, 1.54) is 11.1 Å². The fraction of sp³-hybridized carbons (Fsp3) is 0.474. The van der Waals surface area contributed by atoms with Gasteiger partial charge in [0.2, 0.25) is 5.91 Å². The maximum absolute atomic E-state index is 12.5. The van der Waals surface area contributed by atoms with E-state index >= 15 is 0 Å².